The zero-order chi connectivity index (χ0) is 18.1. The van der Waals surface area contributed by atoms with Gasteiger partial charge in [0.2, 0.25) is 5.16 Å². The van der Waals surface area contributed by atoms with Crippen LogP contribution in [0.5, 0.6) is 0 Å². The molecule has 0 aliphatic rings. The smallest absolute Gasteiger partial charge is 0.258 e. The van der Waals surface area contributed by atoms with Crippen LogP contribution in [0.15, 0.2) is 67.7 Å². The van der Waals surface area contributed by atoms with Crippen LogP contribution in [0.1, 0.15) is 5.82 Å². The molecule has 0 radical (unpaired) electrons. The number of aromatic nitrogens is 5. The normalized spacial score (nSPS) is 11.2. The maximum atomic E-state index is 12.3. The van der Waals surface area contributed by atoms with Gasteiger partial charge >= 0.3 is 0 Å². The Morgan fingerprint density at radius 1 is 1.15 bits per heavy atom. The highest BCUT2D eigenvalue weighted by atomic mass is 79.9. The molecule has 0 spiro atoms. The summed E-state index contributed by atoms with van der Waals surface area (Å²) in [6.45, 7) is 0. The molecular weight excluding hydrogens is 482 g/mol. The minimum atomic E-state index is -0.171. The molecule has 0 bridgehead atoms. The van der Waals surface area contributed by atoms with E-state index >= 15 is 0 Å². The predicted octanol–water partition coefficient (Wildman–Crippen LogP) is 4.32. The summed E-state index contributed by atoms with van der Waals surface area (Å²) in [4.78, 5) is 24.0. The molecule has 0 saturated carbocycles. The van der Waals surface area contributed by atoms with Crippen molar-refractivity contribution in [3.8, 4) is 5.69 Å². The van der Waals surface area contributed by atoms with Crippen molar-refractivity contribution < 1.29 is 0 Å². The Balaban J connectivity index is 1.57. The second-order valence-corrected chi connectivity index (χ2v) is 8.10. The van der Waals surface area contributed by atoms with E-state index in [0.717, 1.165) is 14.6 Å². The minimum absolute atomic E-state index is 0.171. The van der Waals surface area contributed by atoms with Gasteiger partial charge in [-0.25, -0.2) is 14.6 Å². The van der Waals surface area contributed by atoms with Crippen LogP contribution in [0.4, 0.5) is 0 Å². The van der Waals surface area contributed by atoms with E-state index in [1.54, 1.807) is 17.1 Å². The topological polar surface area (TPSA) is 76.5 Å². The average molecular weight is 493 g/mol. The second-order valence-electron chi connectivity index (χ2n) is 5.39. The molecule has 0 aliphatic heterocycles. The molecule has 1 N–H and O–H groups in total. The van der Waals surface area contributed by atoms with Crippen molar-refractivity contribution in [2.75, 3.05) is 0 Å². The molecule has 0 amide bonds. The third-order valence-corrected chi connectivity index (χ3v) is 5.53. The highest BCUT2D eigenvalue weighted by molar-refractivity contribution is 9.11. The van der Waals surface area contributed by atoms with Gasteiger partial charge in [0, 0.05) is 8.95 Å². The fraction of sp³-hybridized carbons (Fsp3) is 0.0588. The Kier molecular flexibility index (Phi) is 4.92. The minimum Gasteiger partial charge on any atom is -0.309 e. The summed E-state index contributed by atoms with van der Waals surface area (Å²) in [7, 11) is 0. The predicted molar refractivity (Wildman–Crippen MR) is 109 cm³/mol. The van der Waals surface area contributed by atoms with Crippen molar-refractivity contribution in [1.29, 1.82) is 0 Å². The monoisotopic (exact) mass is 491 g/mol. The van der Waals surface area contributed by atoms with Gasteiger partial charge < -0.3 is 4.98 Å². The molecule has 4 aromatic rings. The van der Waals surface area contributed by atoms with Crippen molar-refractivity contribution in [2.24, 2.45) is 0 Å². The summed E-state index contributed by atoms with van der Waals surface area (Å²) < 4.78 is 3.31. The summed E-state index contributed by atoms with van der Waals surface area (Å²) in [6.07, 6.45) is 1.67. The lowest BCUT2D eigenvalue weighted by atomic mass is 10.2. The number of hydrogen-bond donors (Lipinski definition) is 1. The number of nitrogens with zero attached hydrogens (tertiary/aromatic N) is 4. The fourth-order valence-electron chi connectivity index (χ4n) is 2.43. The van der Waals surface area contributed by atoms with Gasteiger partial charge in [-0.2, -0.15) is 0 Å². The molecule has 6 nitrogen and oxygen atoms in total. The second kappa shape index (κ2) is 7.34. The van der Waals surface area contributed by atoms with Gasteiger partial charge in [-0.3, -0.25) is 4.79 Å². The van der Waals surface area contributed by atoms with Crippen LogP contribution < -0.4 is 5.56 Å². The number of nitrogens with one attached hydrogen (secondary N) is 1. The van der Waals surface area contributed by atoms with Gasteiger partial charge in [0.15, 0.2) is 0 Å². The van der Waals surface area contributed by atoms with E-state index in [4.69, 9.17) is 0 Å². The zero-order valence-corrected chi connectivity index (χ0v) is 17.2. The van der Waals surface area contributed by atoms with Crippen molar-refractivity contribution in [3.63, 3.8) is 0 Å². The largest absolute Gasteiger partial charge is 0.309 e. The van der Waals surface area contributed by atoms with Crippen molar-refractivity contribution in [3.05, 3.63) is 73.9 Å². The zero-order valence-electron chi connectivity index (χ0n) is 13.2. The molecule has 2 aromatic heterocycles. The molecule has 130 valence electrons. The standard InChI is InChI=1S/C17H11Br2N5OS/c18-10-6-12-15(13(19)7-10)21-14(22-16(12)25)8-26-17-20-9-24(23-17)11-4-2-1-3-5-11/h1-7,9H,8H2,(H,21,22,25). The molecule has 0 aliphatic carbocycles. The number of para-hydroxylation sites is 1. The van der Waals surface area contributed by atoms with Crippen LogP contribution in [0.3, 0.4) is 0 Å². The summed E-state index contributed by atoms with van der Waals surface area (Å²) >= 11 is 8.26. The van der Waals surface area contributed by atoms with Gasteiger partial charge in [0.1, 0.15) is 12.2 Å². The lowest BCUT2D eigenvalue weighted by Crippen LogP contribution is -2.11. The molecule has 26 heavy (non-hydrogen) atoms. The third kappa shape index (κ3) is 3.60. The van der Waals surface area contributed by atoms with Crippen molar-refractivity contribution in [1.82, 2.24) is 24.7 Å². The fourth-order valence-corrected chi connectivity index (χ4v) is 4.42. The number of benzene rings is 2. The van der Waals surface area contributed by atoms with Gasteiger partial charge in [0.25, 0.3) is 5.56 Å². The average Bonchev–Trinajstić information content (AvgIpc) is 3.11. The molecular formula is C17H11Br2N5OS. The summed E-state index contributed by atoms with van der Waals surface area (Å²) in [6, 6.07) is 13.4. The summed E-state index contributed by atoms with van der Waals surface area (Å²) in [5, 5.41) is 5.59. The first-order chi connectivity index (χ1) is 12.6. The Hall–Kier alpha value is -1.97. The molecule has 0 unspecified atom stereocenters. The molecule has 9 heteroatoms. The van der Waals surface area contributed by atoms with E-state index in [1.807, 2.05) is 36.4 Å². The molecule has 4 rings (SSSR count). The van der Waals surface area contributed by atoms with E-state index in [-0.39, 0.29) is 5.56 Å². The lowest BCUT2D eigenvalue weighted by molar-refractivity contribution is 0.834. The van der Waals surface area contributed by atoms with E-state index in [9.17, 15) is 4.79 Å². The van der Waals surface area contributed by atoms with Gasteiger partial charge in [-0.1, -0.05) is 45.9 Å². The number of aromatic amines is 1. The van der Waals surface area contributed by atoms with Crippen LogP contribution in [-0.4, -0.2) is 24.7 Å². The van der Waals surface area contributed by atoms with Crippen LogP contribution >= 0.6 is 43.6 Å². The van der Waals surface area contributed by atoms with Crippen LogP contribution in [0.25, 0.3) is 16.6 Å². The number of rotatable bonds is 4. The van der Waals surface area contributed by atoms with Crippen molar-refractivity contribution in [2.45, 2.75) is 10.9 Å². The van der Waals surface area contributed by atoms with E-state index in [0.29, 0.717) is 27.6 Å². The number of fused-ring (bicyclic) bond motifs is 1. The van der Waals surface area contributed by atoms with Crippen LogP contribution in [0.2, 0.25) is 0 Å². The first kappa shape index (κ1) is 17.4. The van der Waals surface area contributed by atoms with Crippen molar-refractivity contribution >= 4 is 54.5 Å². The first-order valence-electron chi connectivity index (χ1n) is 7.58. The van der Waals surface area contributed by atoms with E-state index in [1.165, 1.54) is 11.8 Å². The number of halogens is 2. The molecule has 2 aromatic carbocycles. The highest BCUT2D eigenvalue weighted by Crippen LogP contribution is 2.26. The quantitative estimate of drug-likeness (QED) is 0.429. The Morgan fingerprint density at radius 2 is 1.96 bits per heavy atom. The Bertz CT molecular complexity index is 1140. The maximum absolute atomic E-state index is 12.3. The van der Waals surface area contributed by atoms with E-state index < -0.39 is 0 Å². The van der Waals surface area contributed by atoms with Gasteiger partial charge in [0.05, 0.1) is 22.3 Å². The molecule has 0 atom stereocenters. The van der Waals surface area contributed by atoms with Crippen LogP contribution in [-0.2, 0) is 5.75 Å². The molecule has 0 fully saturated rings. The Morgan fingerprint density at radius 3 is 2.77 bits per heavy atom. The van der Waals surface area contributed by atoms with Gasteiger partial charge in [-0.05, 0) is 40.2 Å². The molecule has 0 saturated heterocycles. The number of H-pyrrole nitrogens is 1. The number of hydrogen-bond acceptors (Lipinski definition) is 5. The van der Waals surface area contributed by atoms with Gasteiger partial charge in [-0.15, -0.1) is 5.10 Å². The SMILES string of the molecule is O=c1[nH]c(CSc2ncn(-c3ccccc3)n2)nc2c(Br)cc(Br)cc12. The summed E-state index contributed by atoms with van der Waals surface area (Å²) in [5.41, 5.74) is 1.41. The summed E-state index contributed by atoms with van der Waals surface area (Å²) in [5.74, 6) is 1.04. The maximum Gasteiger partial charge on any atom is 0.258 e. The first-order valence-corrected chi connectivity index (χ1v) is 10.1. The Labute approximate surface area is 169 Å². The number of thioether (sulfide) groups is 1. The van der Waals surface area contributed by atoms with Crippen LogP contribution in [0, 0.1) is 0 Å². The highest BCUT2D eigenvalue weighted by Gasteiger charge is 2.10. The lowest BCUT2D eigenvalue weighted by Gasteiger charge is -2.04. The van der Waals surface area contributed by atoms with E-state index in [2.05, 4.69) is 51.9 Å². The third-order valence-electron chi connectivity index (χ3n) is 3.61. The molecule has 2 heterocycles.